The zero-order valence-corrected chi connectivity index (χ0v) is 10.7. The monoisotopic (exact) mass is 280 g/mol. The van der Waals surface area contributed by atoms with Gasteiger partial charge in [-0.3, -0.25) is 0 Å². The number of aryl methyl sites for hydroxylation is 1. The third-order valence-electron chi connectivity index (χ3n) is 2.93. The summed E-state index contributed by atoms with van der Waals surface area (Å²) in [5.74, 6) is -0.289. The number of carbonyl (C=O) groups is 1. The molecule has 1 saturated heterocycles. The minimum absolute atomic E-state index is 0.289. The van der Waals surface area contributed by atoms with Gasteiger partial charge in [-0.05, 0) is 18.1 Å². The fourth-order valence-corrected chi connectivity index (χ4v) is 2.70. The average molecular weight is 281 g/mol. The zero-order chi connectivity index (χ0) is 11.8. The van der Waals surface area contributed by atoms with Crippen molar-refractivity contribution in [2.75, 3.05) is 5.33 Å². The maximum atomic E-state index is 11.5. The molecule has 1 aliphatic rings. The molecular formula is C13H13BrO2. The van der Waals surface area contributed by atoms with Gasteiger partial charge >= 0.3 is 5.97 Å². The van der Waals surface area contributed by atoms with Crippen LogP contribution < -0.4 is 0 Å². The van der Waals surface area contributed by atoms with E-state index in [0.29, 0.717) is 17.3 Å². The lowest BCUT2D eigenvalue weighted by molar-refractivity contribution is -0.145. The van der Waals surface area contributed by atoms with Crippen molar-refractivity contribution in [3.8, 4) is 0 Å². The quantitative estimate of drug-likeness (QED) is 0.473. The number of esters is 1. The van der Waals surface area contributed by atoms with Gasteiger partial charge in [0, 0.05) is 17.3 Å². The van der Waals surface area contributed by atoms with Gasteiger partial charge in [-0.25, -0.2) is 4.79 Å². The third kappa shape index (κ3) is 1.69. The molecule has 0 bridgehead atoms. The highest BCUT2D eigenvalue weighted by molar-refractivity contribution is 9.09. The molecular weight excluding hydrogens is 268 g/mol. The molecule has 1 atom stereocenters. The van der Waals surface area contributed by atoms with E-state index in [0.717, 1.165) is 11.1 Å². The van der Waals surface area contributed by atoms with Crippen LogP contribution in [0.2, 0.25) is 0 Å². The molecule has 0 amide bonds. The second-order valence-corrected chi connectivity index (χ2v) is 4.67. The molecule has 1 aromatic carbocycles. The summed E-state index contributed by atoms with van der Waals surface area (Å²) in [5, 5.41) is 0.593. The molecule has 0 aliphatic carbocycles. The van der Waals surface area contributed by atoms with Gasteiger partial charge in [0.15, 0.2) is 5.60 Å². The van der Waals surface area contributed by atoms with Gasteiger partial charge in [-0.15, -0.1) is 0 Å². The SMILES string of the molecule is C=C1CC(CBr)(c2ccccc2C)OC1=O. The standard InChI is InChI=1S/C13H13BrO2/c1-9-5-3-4-6-11(9)13(8-14)7-10(2)12(15)16-13/h3-6H,2,7-8H2,1H3. The molecule has 2 nitrogen and oxygen atoms in total. The second-order valence-electron chi connectivity index (χ2n) is 4.11. The van der Waals surface area contributed by atoms with Gasteiger partial charge in [-0.2, -0.15) is 0 Å². The predicted molar refractivity (Wildman–Crippen MR) is 66.5 cm³/mol. The van der Waals surface area contributed by atoms with Crippen LogP contribution >= 0.6 is 15.9 Å². The number of rotatable bonds is 2. The highest BCUT2D eigenvalue weighted by atomic mass is 79.9. The molecule has 16 heavy (non-hydrogen) atoms. The Morgan fingerprint density at radius 2 is 2.19 bits per heavy atom. The van der Waals surface area contributed by atoms with Gasteiger partial charge in [0.25, 0.3) is 0 Å². The highest BCUT2D eigenvalue weighted by Gasteiger charge is 2.44. The van der Waals surface area contributed by atoms with Crippen molar-refractivity contribution in [3.05, 3.63) is 47.5 Å². The number of alkyl halides is 1. The van der Waals surface area contributed by atoms with Crippen LogP contribution in [0.3, 0.4) is 0 Å². The minimum Gasteiger partial charge on any atom is -0.450 e. The molecule has 2 rings (SSSR count). The van der Waals surface area contributed by atoms with Crippen molar-refractivity contribution in [1.82, 2.24) is 0 Å². The Kier molecular flexibility index (Phi) is 2.89. The van der Waals surface area contributed by atoms with Crippen molar-refractivity contribution in [2.45, 2.75) is 18.9 Å². The van der Waals surface area contributed by atoms with Crippen molar-refractivity contribution in [1.29, 1.82) is 0 Å². The molecule has 84 valence electrons. The van der Waals surface area contributed by atoms with E-state index < -0.39 is 5.60 Å². The first-order valence-corrected chi connectivity index (χ1v) is 6.24. The van der Waals surface area contributed by atoms with Crippen LogP contribution in [0.1, 0.15) is 17.5 Å². The number of carbonyl (C=O) groups excluding carboxylic acids is 1. The first-order chi connectivity index (χ1) is 7.59. The topological polar surface area (TPSA) is 26.3 Å². The molecule has 0 radical (unpaired) electrons. The van der Waals surface area contributed by atoms with Crippen LogP contribution in [-0.2, 0) is 15.1 Å². The van der Waals surface area contributed by atoms with E-state index in [-0.39, 0.29) is 5.97 Å². The van der Waals surface area contributed by atoms with Crippen LogP contribution in [0.4, 0.5) is 0 Å². The van der Waals surface area contributed by atoms with Crippen LogP contribution in [0.15, 0.2) is 36.4 Å². The van der Waals surface area contributed by atoms with E-state index in [1.54, 1.807) is 0 Å². The lowest BCUT2D eigenvalue weighted by Gasteiger charge is -2.27. The Morgan fingerprint density at radius 3 is 2.69 bits per heavy atom. The van der Waals surface area contributed by atoms with Crippen LogP contribution in [0.5, 0.6) is 0 Å². The number of hydrogen-bond acceptors (Lipinski definition) is 2. The summed E-state index contributed by atoms with van der Waals surface area (Å²) in [7, 11) is 0. The fourth-order valence-electron chi connectivity index (χ4n) is 2.08. The van der Waals surface area contributed by atoms with Gasteiger partial charge in [-0.1, -0.05) is 46.8 Å². The Bertz CT molecular complexity index is 435. The number of hydrogen-bond donors (Lipinski definition) is 0. The van der Waals surface area contributed by atoms with Crippen molar-refractivity contribution in [3.63, 3.8) is 0 Å². The molecule has 1 fully saturated rings. The van der Waals surface area contributed by atoms with Crippen molar-refractivity contribution >= 4 is 21.9 Å². The second kappa shape index (κ2) is 4.06. The Hall–Kier alpha value is -1.09. The number of halogens is 1. The summed E-state index contributed by atoms with van der Waals surface area (Å²) in [6, 6.07) is 7.96. The molecule has 3 heteroatoms. The molecule has 0 N–H and O–H groups in total. The van der Waals surface area contributed by atoms with E-state index in [9.17, 15) is 4.79 Å². The summed E-state index contributed by atoms with van der Waals surface area (Å²) >= 11 is 3.44. The predicted octanol–water partition coefficient (Wildman–Crippen LogP) is 3.09. The normalized spacial score (nSPS) is 24.6. The summed E-state index contributed by atoms with van der Waals surface area (Å²) in [4.78, 5) is 11.5. The van der Waals surface area contributed by atoms with E-state index in [1.807, 2.05) is 31.2 Å². The Labute approximate surface area is 103 Å². The van der Waals surface area contributed by atoms with Crippen LogP contribution in [-0.4, -0.2) is 11.3 Å². The molecule has 0 aromatic heterocycles. The van der Waals surface area contributed by atoms with E-state index >= 15 is 0 Å². The summed E-state index contributed by atoms with van der Waals surface area (Å²) < 4.78 is 5.49. The highest BCUT2D eigenvalue weighted by Crippen LogP contribution is 2.41. The van der Waals surface area contributed by atoms with Gasteiger partial charge < -0.3 is 4.74 Å². The summed E-state index contributed by atoms with van der Waals surface area (Å²) in [5.41, 5.74) is 2.16. The van der Waals surface area contributed by atoms with Gasteiger partial charge in [0.1, 0.15) is 0 Å². The number of benzene rings is 1. The first-order valence-electron chi connectivity index (χ1n) is 5.12. The minimum atomic E-state index is -0.570. The van der Waals surface area contributed by atoms with Gasteiger partial charge in [0.2, 0.25) is 0 Å². The largest absolute Gasteiger partial charge is 0.450 e. The van der Waals surface area contributed by atoms with E-state index in [1.165, 1.54) is 0 Å². The number of ether oxygens (including phenoxy) is 1. The maximum Gasteiger partial charge on any atom is 0.334 e. The average Bonchev–Trinajstić information content (AvgIpc) is 2.56. The lowest BCUT2D eigenvalue weighted by Crippen LogP contribution is -2.28. The fraction of sp³-hybridized carbons (Fsp3) is 0.308. The smallest absolute Gasteiger partial charge is 0.334 e. The first kappa shape index (κ1) is 11.4. The molecule has 1 aliphatic heterocycles. The number of cyclic esters (lactones) is 1. The maximum absolute atomic E-state index is 11.5. The molecule has 1 aromatic rings. The Balaban J connectivity index is 2.48. The summed E-state index contributed by atoms with van der Waals surface area (Å²) in [6.45, 7) is 5.76. The van der Waals surface area contributed by atoms with E-state index in [4.69, 9.17) is 4.74 Å². The lowest BCUT2D eigenvalue weighted by atomic mass is 9.88. The molecule has 1 heterocycles. The van der Waals surface area contributed by atoms with Crippen LogP contribution in [0.25, 0.3) is 0 Å². The molecule has 1 unspecified atom stereocenters. The van der Waals surface area contributed by atoms with E-state index in [2.05, 4.69) is 22.5 Å². The molecule has 0 spiro atoms. The Morgan fingerprint density at radius 1 is 1.50 bits per heavy atom. The van der Waals surface area contributed by atoms with Crippen molar-refractivity contribution < 1.29 is 9.53 Å². The van der Waals surface area contributed by atoms with Gasteiger partial charge in [0.05, 0.1) is 0 Å². The van der Waals surface area contributed by atoms with Crippen molar-refractivity contribution in [2.24, 2.45) is 0 Å². The summed E-state index contributed by atoms with van der Waals surface area (Å²) in [6.07, 6.45) is 0.557. The zero-order valence-electron chi connectivity index (χ0n) is 9.13. The van der Waals surface area contributed by atoms with Crippen LogP contribution in [0, 0.1) is 6.92 Å². The molecule has 0 saturated carbocycles. The third-order valence-corrected chi connectivity index (χ3v) is 3.83.